The van der Waals surface area contributed by atoms with E-state index in [0.717, 1.165) is 43.2 Å². The summed E-state index contributed by atoms with van der Waals surface area (Å²) in [6.07, 6.45) is -4.70. The second kappa shape index (κ2) is 7.00. The second-order valence-corrected chi connectivity index (χ2v) is 7.31. The van der Waals surface area contributed by atoms with Crippen molar-refractivity contribution in [2.75, 3.05) is 26.2 Å². The van der Waals surface area contributed by atoms with Gasteiger partial charge in [-0.05, 0) is 29.8 Å². The Hall–Kier alpha value is -1.15. The molecule has 1 aromatic heterocycles. The molecule has 0 radical (unpaired) electrons. The predicted molar refractivity (Wildman–Crippen MR) is 87.0 cm³/mol. The summed E-state index contributed by atoms with van der Waals surface area (Å²) in [5.41, 5.74) is -0.740. The first-order chi connectivity index (χ1) is 11.4. The average molecular weight is 379 g/mol. The van der Waals surface area contributed by atoms with E-state index in [1.807, 2.05) is 6.07 Å². The van der Waals surface area contributed by atoms with E-state index in [-0.39, 0.29) is 6.04 Å². The standard InChI is InChI=1S/C16H15ClF4N2S/c17-14-4-3-13(24-14)15(23-7-5-22-6-8-23)10-1-2-11(12(18)9-10)16(19,20)21/h1-4,9,15,22H,5-8H2/t15-/m1/s1. The van der Waals surface area contributed by atoms with E-state index in [1.165, 1.54) is 17.4 Å². The van der Waals surface area contributed by atoms with E-state index >= 15 is 0 Å². The maximum absolute atomic E-state index is 14.0. The minimum Gasteiger partial charge on any atom is -0.314 e. The zero-order valence-electron chi connectivity index (χ0n) is 12.5. The third-order valence-corrected chi connectivity index (χ3v) is 5.28. The normalized spacial score (nSPS) is 17.9. The Bertz CT molecular complexity index is 710. The molecule has 1 aliphatic rings. The van der Waals surface area contributed by atoms with Gasteiger partial charge in [-0.3, -0.25) is 4.90 Å². The van der Waals surface area contributed by atoms with Crippen LogP contribution < -0.4 is 5.32 Å². The van der Waals surface area contributed by atoms with Gasteiger partial charge >= 0.3 is 6.18 Å². The molecule has 1 aromatic carbocycles. The Morgan fingerprint density at radius 2 is 1.83 bits per heavy atom. The van der Waals surface area contributed by atoms with E-state index in [4.69, 9.17) is 11.6 Å². The highest BCUT2D eigenvalue weighted by atomic mass is 35.5. The molecule has 1 aliphatic heterocycles. The van der Waals surface area contributed by atoms with Crippen LogP contribution in [0.25, 0.3) is 0 Å². The molecule has 0 amide bonds. The highest BCUT2D eigenvalue weighted by molar-refractivity contribution is 7.16. The molecule has 1 fully saturated rings. The van der Waals surface area contributed by atoms with Crippen molar-refractivity contribution in [2.45, 2.75) is 12.2 Å². The summed E-state index contributed by atoms with van der Waals surface area (Å²) in [6, 6.07) is 6.44. The molecular formula is C16H15ClF4N2S. The quantitative estimate of drug-likeness (QED) is 0.788. The molecule has 2 nitrogen and oxygen atoms in total. The van der Waals surface area contributed by atoms with Crippen LogP contribution in [0.5, 0.6) is 0 Å². The number of halogens is 5. The number of hydrogen-bond donors (Lipinski definition) is 1. The van der Waals surface area contributed by atoms with Crippen molar-refractivity contribution in [2.24, 2.45) is 0 Å². The molecule has 2 heterocycles. The number of nitrogens with zero attached hydrogens (tertiary/aromatic N) is 1. The minimum atomic E-state index is -4.70. The van der Waals surface area contributed by atoms with Crippen molar-refractivity contribution in [3.63, 3.8) is 0 Å². The summed E-state index contributed by atoms with van der Waals surface area (Å²) in [4.78, 5) is 3.02. The van der Waals surface area contributed by atoms with Gasteiger partial charge in [0.1, 0.15) is 5.82 Å². The van der Waals surface area contributed by atoms with Gasteiger partial charge in [0.2, 0.25) is 0 Å². The van der Waals surface area contributed by atoms with Crippen LogP contribution in [0, 0.1) is 5.82 Å². The number of alkyl halides is 3. The Balaban J connectivity index is 2.00. The lowest BCUT2D eigenvalue weighted by Crippen LogP contribution is -2.45. The van der Waals surface area contributed by atoms with Crippen molar-refractivity contribution in [3.05, 3.63) is 56.5 Å². The lowest BCUT2D eigenvalue weighted by Gasteiger charge is -2.35. The van der Waals surface area contributed by atoms with Crippen molar-refractivity contribution < 1.29 is 17.6 Å². The number of rotatable bonds is 3. The Kier molecular flexibility index (Phi) is 5.15. The summed E-state index contributed by atoms with van der Waals surface area (Å²) in [6.45, 7) is 3.00. The summed E-state index contributed by atoms with van der Waals surface area (Å²) < 4.78 is 53.0. The van der Waals surface area contributed by atoms with Crippen LogP contribution in [-0.4, -0.2) is 31.1 Å². The Morgan fingerprint density at radius 3 is 2.38 bits per heavy atom. The Labute approximate surface area is 146 Å². The van der Waals surface area contributed by atoms with Gasteiger partial charge in [-0.25, -0.2) is 4.39 Å². The van der Waals surface area contributed by atoms with E-state index in [2.05, 4.69) is 10.2 Å². The third kappa shape index (κ3) is 3.74. The molecule has 1 N–H and O–H groups in total. The molecule has 8 heteroatoms. The average Bonchev–Trinajstić information content (AvgIpc) is 2.93. The van der Waals surface area contributed by atoms with Crippen LogP contribution in [0.2, 0.25) is 4.34 Å². The van der Waals surface area contributed by atoms with Crippen LogP contribution >= 0.6 is 22.9 Å². The van der Waals surface area contributed by atoms with Gasteiger partial charge in [0.15, 0.2) is 0 Å². The monoisotopic (exact) mass is 378 g/mol. The summed E-state index contributed by atoms with van der Waals surface area (Å²) in [5.74, 6) is -1.25. The Morgan fingerprint density at radius 1 is 1.12 bits per heavy atom. The second-order valence-electron chi connectivity index (χ2n) is 5.57. The van der Waals surface area contributed by atoms with E-state index < -0.39 is 17.6 Å². The van der Waals surface area contributed by atoms with Gasteiger partial charge in [-0.15, -0.1) is 11.3 Å². The topological polar surface area (TPSA) is 15.3 Å². The molecule has 2 aromatic rings. The number of piperazine rings is 1. The number of benzene rings is 1. The molecule has 0 bridgehead atoms. The first-order valence-corrected chi connectivity index (χ1v) is 8.62. The van der Waals surface area contributed by atoms with Crippen molar-refractivity contribution in [3.8, 4) is 0 Å². The molecule has 1 atom stereocenters. The first-order valence-electron chi connectivity index (χ1n) is 7.43. The fourth-order valence-electron chi connectivity index (χ4n) is 2.90. The fraction of sp³-hybridized carbons (Fsp3) is 0.375. The molecule has 1 saturated heterocycles. The first kappa shape index (κ1) is 17.7. The molecular weight excluding hydrogens is 364 g/mol. The number of hydrogen-bond acceptors (Lipinski definition) is 3. The fourth-order valence-corrected chi connectivity index (χ4v) is 4.13. The van der Waals surface area contributed by atoms with Crippen LogP contribution in [0.4, 0.5) is 17.6 Å². The molecule has 130 valence electrons. The van der Waals surface area contributed by atoms with Crippen molar-refractivity contribution in [1.82, 2.24) is 10.2 Å². The minimum absolute atomic E-state index is 0.304. The SMILES string of the molecule is Fc1cc([C@H](c2ccc(Cl)s2)N2CCNCC2)ccc1C(F)(F)F. The van der Waals surface area contributed by atoms with Crippen LogP contribution in [-0.2, 0) is 6.18 Å². The smallest absolute Gasteiger partial charge is 0.314 e. The van der Waals surface area contributed by atoms with Crippen molar-refractivity contribution in [1.29, 1.82) is 0 Å². The van der Waals surface area contributed by atoms with Crippen LogP contribution in [0.3, 0.4) is 0 Å². The van der Waals surface area contributed by atoms with Crippen molar-refractivity contribution >= 4 is 22.9 Å². The molecule has 24 heavy (non-hydrogen) atoms. The number of thiophene rings is 1. The highest BCUT2D eigenvalue weighted by Gasteiger charge is 2.35. The molecule has 0 unspecified atom stereocenters. The van der Waals surface area contributed by atoms with Gasteiger partial charge in [-0.1, -0.05) is 17.7 Å². The summed E-state index contributed by atoms with van der Waals surface area (Å²) in [7, 11) is 0. The lowest BCUT2D eigenvalue weighted by molar-refractivity contribution is -0.140. The van der Waals surface area contributed by atoms with Gasteiger partial charge in [0, 0.05) is 31.1 Å². The highest BCUT2D eigenvalue weighted by Crippen LogP contribution is 2.38. The van der Waals surface area contributed by atoms with Crippen LogP contribution in [0.1, 0.15) is 22.0 Å². The van der Waals surface area contributed by atoms with Gasteiger partial charge in [0.25, 0.3) is 0 Å². The number of nitrogens with one attached hydrogen (secondary N) is 1. The molecule has 0 aliphatic carbocycles. The zero-order valence-corrected chi connectivity index (χ0v) is 14.1. The van der Waals surface area contributed by atoms with Gasteiger partial charge in [-0.2, -0.15) is 13.2 Å². The van der Waals surface area contributed by atoms with Gasteiger partial charge < -0.3 is 5.32 Å². The maximum Gasteiger partial charge on any atom is 0.419 e. The van der Waals surface area contributed by atoms with E-state index in [9.17, 15) is 17.6 Å². The van der Waals surface area contributed by atoms with E-state index in [1.54, 1.807) is 6.07 Å². The summed E-state index contributed by atoms with van der Waals surface area (Å²) >= 11 is 7.37. The van der Waals surface area contributed by atoms with Crippen LogP contribution in [0.15, 0.2) is 30.3 Å². The zero-order chi connectivity index (χ0) is 17.3. The van der Waals surface area contributed by atoms with Gasteiger partial charge in [0.05, 0.1) is 15.9 Å². The lowest BCUT2D eigenvalue weighted by atomic mass is 10.0. The third-order valence-electron chi connectivity index (χ3n) is 3.99. The summed E-state index contributed by atoms with van der Waals surface area (Å²) in [5, 5.41) is 3.23. The molecule has 0 saturated carbocycles. The predicted octanol–water partition coefficient (Wildman–Crippen LogP) is 4.55. The molecule has 0 spiro atoms. The maximum atomic E-state index is 14.0. The van der Waals surface area contributed by atoms with E-state index in [0.29, 0.717) is 9.90 Å². The molecule has 3 rings (SSSR count). The largest absolute Gasteiger partial charge is 0.419 e.